The largest absolute Gasteiger partial charge is 0.421 e. The highest BCUT2D eigenvalue weighted by Crippen LogP contribution is 2.27. The van der Waals surface area contributed by atoms with E-state index in [1.807, 2.05) is 32.0 Å². The molecule has 0 saturated heterocycles. The van der Waals surface area contributed by atoms with Gasteiger partial charge in [0.25, 0.3) is 0 Å². The first-order valence-corrected chi connectivity index (χ1v) is 4.90. The van der Waals surface area contributed by atoms with Gasteiger partial charge in [-0.15, -0.1) is 10.2 Å². The zero-order valence-electron chi connectivity index (χ0n) is 8.82. The summed E-state index contributed by atoms with van der Waals surface area (Å²) in [5.74, 6) is 1.13. The normalized spacial score (nSPS) is 10.5. The molecule has 1 aromatic heterocycles. The van der Waals surface area contributed by atoms with Crippen LogP contribution in [0.4, 0.5) is 5.69 Å². The third-order valence-corrected chi connectivity index (χ3v) is 2.29. The molecule has 2 aromatic rings. The smallest absolute Gasteiger partial charge is 0.250 e. The van der Waals surface area contributed by atoms with Gasteiger partial charge in [0.05, 0.1) is 5.56 Å². The first-order valence-electron chi connectivity index (χ1n) is 4.90. The average molecular weight is 203 g/mol. The quantitative estimate of drug-likeness (QED) is 0.760. The Kier molecular flexibility index (Phi) is 2.41. The lowest BCUT2D eigenvalue weighted by molar-refractivity contribution is 0.513. The molecule has 0 aliphatic carbocycles. The Bertz CT molecular complexity index is 456. The molecule has 0 atom stereocenters. The molecule has 0 radical (unpaired) electrons. The van der Waals surface area contributed by atoms with E-state index in [1.165, 1.54) is 0 Å². The highest BCUT2D eigenvalue weighted by atomic mass is 16.4. The van der Waals surface area contributed by atoms with Crippen LogP contribution in [0.15, 0.2) is 22.6 Å². The van der Waals surface area contributed by atoms with Crippen LogP contribution in [-0.4, -0.2) is 10.2 Å². The number of aromatic nitrogens is 2. The van der Waals surface area contributed by atoms with Gasteiger partial charge in [-0.05, 0) is 18.6 Å². The van der Waals surface area contributed by atoms with Crippen molar-refractivity contribution in [2.45, 2.75) is 20.3 Å². The maximum atomic E-state index is 5.88. The molecule has 4 heteroatoms. The molecule has 0 unspecified atom stereocenters. The number of anilines is 1. The maximum absolute atomic E-state index is 5.88. The number of hydrogen-bond acceptors (Lipinski definition) is 4. The molecular formula is C11H13N3O. The fraction of sp³-hybridized carbons (Fsp3) is 0.273. The standard InChI is InChI=1S/C11H13N3O/c1-3-9-13-14-11(15-9)10-7(2)5-4-6-8(10)12/h4-6H,3,12H2,1-2H3. The second-order valence-electron chi connectivity index (χ2n) is 3.39. The Morgan fingerprint density at radius 1 is 1.33 bits per heavy atom. The molecule has 0 aliphatic rings. The molecule has 15 heavy (non-hydrogen) atoms. The maximum Gasteiger partial charge on any atom is 0.250 e. The monoisotopic (exact) mass is 203 g/mol. The van der Waals surface area contributed by atoms with E-state index < -0.39 is 0 Å². The molecule has 4 nitrogen and oxygen atoms in total. The molecule has 0 saturated carbocycles. The van der Waals surface area contributed by atoms with E-state index in [0.29, 0.717) is 17.5 Å². The summed E-state index contributed by atoms with van der Waals surface area (Å²) in [6.07, 6.45) is 0.735. The molecule has 1 aromatic carbocycles. The topological polar surface area (TPSA) is 64.9 Å². The van der Waals surface area contributed by atoms with Gasteiger partial charge in [0.1, 0.15) is 0 Å². The number of nitrogens with zero attached hydrogens (tertiary/aromatic N) is 2. The lowest BCUT2D eigenvalue weighted by Crippen LogP contribution is -1.92. The van der Waals surface area contributed by atoms with Crippen LogP contribution in [0.25, 0.3) is 11.5 Å². The minimum absolute atomic E-state index is 0.502. The van der Waals surface area contributed by atoms with Gasteiger partial charge in [-0.1, -0.05) is 19.1 Å². The summed E-state index contributed by atoms with van der Waals surface area (Å²) in [6, 6.07) is 5.71. The second-order valence-corrected chi connectivity index (χ2v) is 3.39. The summed E-state index contributed by atoms with van der Waals surface area (Å²) in [6.45, 7) is 3.94. The molecule has 0 amide bonds. The highest BCUT2D eigenvalue weighted by Gasteiger charge is 2.12. The van der Waals surface area contributed by atoms with Gasteiger partial charge in [0.15, 0.2) is 0 Å². The fourth-order valence-electron chi connectivity index (χ4n) is 1.48. The number of nitrogen functional groups attached to an aromatic ring is 1. The van der Waals surface area contributed by atoms with E-state index >= 15 is 0 Å². The van der Waals surface area contributed by atoms with Crippen LogP contribution < -0.4 is 5.73 Å². The van der Waals surface area contributed by atoms with Crippen molar-refractivity contribution in [2.24, 2.45) is 0 Å². The molecular weight excluding hydrogens is 190 g/mol. The van der Waals surface area contributed by atoms with E-state index in [9.17, 15) is 0 Å². The van der Waals surface area contributed by atoms with Gasteiger partial charge in [0.2, 0.25) is 11.8 Å². The van der Waals surface area contributed by atoms with Gasteiger partial charge in [0, 0.05) is 12.1 Å². The number of hydrogen-bond donors (Lipinski definition) is 1. The third kappa shape index (κ3) is 1.70. The molecule has 0 spiro atoms. The van der Waals surface area contributed by atoms with Crippen molar-refractivity contribution in [3.8, 4) is 11.5 Å². The fourth-order valence-corrected chi connectivity index (χ4v) is 1.48. The van der Waals surface area contributed by atoms with Gasteiger partial charge >= 0.3 is 0 Å². The molecule has 0 fully saturated rings. The summed E-state index contributed by atoms with van der Waals surface area (Å²) < 4.78 is 5.48. The van der Waals surface area contributed by atoms with Crippen LogP contribution in [0.2, 0.25) is 0 Å². The first-order chi connectivity index (χ1) is 7.22. The zero-order chi connectivity index (χ0) is 10.8. The van der Waals surface area contributed by atoms with Crippen LogP contribution in [0, 0.1) is 6.92 Å². The Labute approximate surface area is 88.1 Å². The van der Waals surface area contributed by atoms with Gasteiger partial charge < -0.3 is 10.2 Å². The first kappa shape index (κ1) is 9.71. The Balaban J connectivity index is 2.53. The number of rotatable bonds is 2. The molecule has 2 N–H and O–H groups in total. The number of benzene rings is 1. The summed E-state index contributed by atoms with van der Waals surface area (Å²) in [4.78, 5) is 0. The third-order valence-electron chi connectivity index (χ3n) is 2.29. The summed E-state index contributed by atoms with van der Waals surface area (Å²) >= 11 is 0. The molecule has 78 valence electrons. The van der Waals surface area contributed by atoms with E-state index in [0.717, 1.165) is 17.5 Å². The van der Waals surface area contributed by atoms with Crippen molar-refractivity contribution in [3.05, 3.63) is 29.7 Å². The van der Waals surface area contributed by atoms with Crippen molar-refractivity contribution in [1.29, 1.82) is 0 Å². The Morgan fingerprint density at radius 3 is 2.73 bits per heavy atom. The van der Waals surface area contributed by atoms with Crippen LogP contribution >= 0.6 is 0 Å². The minimum atomic E-state index is 0.502. The van der Waals surface area contributed by atoms with Crippen LogP contribution in [0.5, 0.6) is 0 Å². The lowest BCUT2D eigenvalue weighted by Gasteiger charge is -2.03. The zero-order valence-corrected chi connectivity index (χ0v) is 8.82. The average Bonchev–Trinajstić information content (AvgIpc) is 2.66. The van der Waals surface area contributed by atoms with E-state index in [2.05, 4.69) is 10.2 Å². The summed E-state index contributed by atoms with van der Waals surface area (Å²) in [7, 11) is 0. The Morgan fingerprint density at radius 2 is 2.13 bits per heavy atom. The van der Waals surface area contributed by atoms with Crippen LogP contribution in [0.1, 0.15) is 18.4 Å². The van der Waals surface area contributed by atoms with E-state index in [1.54, 1.807) is 0 Å². The van der Waals surface area contributed by atoms with Crippen LogP contribution in [-0.2, 0) is 6.42 Å². The van der Waals surface area contributed by atoms with Crippen molar-refractivity contribution < 1.29 is 4.42 Å². The van der Waals surface area contributed by atoms with Gasteiger partial charge in [-0.3, -0.25) is 0 Å². The number of aryl methyl sites for hydroxylation is 2. The molecule has 0 bridgehead atoms. The lowest BCUT2D eigenvalue weighted by atomic mass is 10.1. The highest BCUT2D eigenvalue weighted by molar-refractivity contribution is 5.73. The minimum Gasteiger partial charge on any atom is -0.421 e. The second kappa shape index (κ2) is 3.73. The van der Waals surface area contributed by atoms with Crippen LogP contribution in [0.3, 0.4) is 0 Å². The predicted octanol–water partition coefficient (Wildman–Crippen LogP) is 2.19. The number of nitrogens with two attached hydrogens (primary N) is 1. The summed E-state index contributed by atoms with van der Waals surface area (Å²) in [5.41, 5.74) is 8.42. The van der Waals surface area contributed by atoms with E-state index in [4.69, 9.17) is 10.2 Å². The SMILES string of the molecule is CCc1nnc(-c2c(C)cccc2N)o1. The van der Waals surface area contributed by atoms with Crippen molar-refractivity contribution >= 4 is 5.69 Å². The van der Waals surface area contributed by atoms with E-state index in [-0.39, 0.29) is 0 Å². The Hall–Kier alpha value is -1.84. The summed E-state index contributed by atoms with van der Waals surface area (Å²) in [5, 5.41) is 7.90. The predicted molar refractivity (Wildman–Crippen MR) is 58.3 cm³/mol. The van der Waals surface area contributed by atoms with Gasteiger partial charge in [-0.2, -0.15) is 0 Å². The van der Waals surface area contributed by atoms with Crippen molar-refractivity contribution in [3.63, 3.8) is 0 Å². The van der Waals surface area contributed by atoms with Gasteiger partial charge in [-0.25, -0.2) is 0 Å². The van der Waals surface area contributed by atoms with Crippen molar-refractivity contribution in [2.75, 3.05) is 5.73 Å². The molecule has 2 rings (SSSR count). The van der Waals surface area contributed by atoms with Crippen molar-refractivity contribution in [1.82, 2.24) is 10.2 Å². The molecule has 1 heterocycles. The molecule has 0 aliphatic heterocycles.